The molecule has 2 unspecified atom stereocenters. The first kappa shape index (κ1) is 26.8. The standard InChI is InChI=1S/C32H34Cl2N2O3/c1-31(2,18-35)16-19-5-3-6-21(13-19)32(37)22-11-12-23(32)15-24(14-22)38-17-25-29(36-39-30(25)20-9-10-20)28-26(33)7-4-8-27(28)34/h3-8,13,20,22-24,37H,9-12,14-17H2,1-2H3. The van der Waals surface area contributed by atoms with E-state index in [2.05, 4.69) is 23.4 Å². The fraction of sp³-hybridized carbons (Fsp3) is 0.500. The molecule has 1 aromatic heterocycles. The molecule has 3 fully saturated rings. The Morgan fingerprint density at radius 2 is 1.74 bits per heavy atom. The largest absolute Gasteiger partial charge is 0.385 e. The van der Waals surface area contributed by atoms with Crippen molar-refractivity contribution in [2.24, 2.45) is 17.3 Å². The molecule has 0 saturated heterocycles. The molecule has 3 saturated carbocycles. The lowest BCUT2D eigenvalue weighted by molar-refractivity contribution is -0.116. The Morgan fingerprint density at radius 1 is 1.08 bits per heavy atom. The molecule has 6 rings (SSSR count). The molecule has 204 valence electrons. The zero-order chi connectivity index (χ0) is 27.4. The summed E-state index contributed by atoms with van der Waals surface area (Å²) >= 11 is 13.1. The van der Waals surface area contributed by atoms with Crippen LogP contribution in [-0.4, -0.2) is 16.4 Å². The Morgan fingerprint density at radius 3 is 2.38 bits per heavy atom. The van der Waals surface area contributed by atoms with Crippen LogP contribution in [0.1, 0.15) is 80.7 Å². The summed E-state index contributed by atoms with van der Waals surface area (Å²) < 4.78 is 12.4. The van der Waals surface area contributed by atoms with Crippen molar-refractivity contribution in [2.45, 2.75) is 83.0 Å². The van der Waals surface area contributed by atoms with Gasteiger partial charge in [-0.1, -0.05) is 58.7 Å². The van der Waals surface area contributed by atoms with Crippen molar-refractivity contribution in [1.82, 2.24) is 5.16 Å². The highest BCUT2D eigenvalue weighted by atomic mass is 35.5. The maximum atomic E-state index is 12.1. The molecule has 7 heteroatoms. The van der Waals surface area contributed by atoms with E-state index in [1.807, 2.05) is 44.2 Å². The van der Waals surface area contributed by atoms with Crippen LogP contribution in [0.5, 0.6) is 0 Å². The van der Waals surface area contributed by atoms with Crippen LogP contribution in [0.15, 0.2) is 47.0 Å². The topological polar surface area (TPSA) is 79.3 Å². The third-order valence-corrected chi connectivity index (χ3v) is 9.60. The molecule has 0 amide bonds. The van der Waals surface area contributed by atoms with Gasteiger partial charge in [-0.05, 0) is 93.9 Å². The molecular formula is C32H34Cl2N2O3. The van der Waals surface area contributed by atoms with Gasteiger partial charge in [-0.15, -0.1) is 0 Å². The maximum Gasteiger partial charge on any atom is 0.145 e. The number of nitriles is 1. The van der Waals surface area contributed by atoms with Crippen molar-refractivity contribution in [1.29, 1.82) is 5.26 Å². The molecule has 2 bridgehead atoms. The molecule has 1 N–H and O–H groups in total. The highest BCUT2D eigenvalue weighted by Gasteiger charge is 2.54. The molecule has 2 aromatic carbocycles. The number of benzene rings is 2. The Bertz CT molecular complexity index is 1390. The highest BCUT2D eigenvalue weighted by Crippen LogP contribution is 2.56. The first-order valence-corrected chi connectivity index (χ1v) is 14.7. The van der Waals surface area contributed by atoms with Crippen molar-refractivity contribution in [3.05, 3.63) is 75.0 Å². The molecule has 1 heterocycles. The molecule has 2 atom stereocenters. The van der Waals surface area contributed by atoms with Crippen molar-refractivity contribution < 1.29 is 14.4 Å². The minimum absolute atomic E-state index is 0.0417. The lowest BCUT2D eigenvalue weighted by atomic mass is 9.69. The summed E-state index contributed by atoms with van der Waals surface area (Å²) in [7, 11) is 0. The summed E-state index contributed by atoms with van der Waals surface area (Å²) in [5.74, 6) is 1.51. The molecular weight excluding hydrogens is 531 g/mol. The van der Waals surface area contributed by atoms with Gasteiger partial charge in [0.1, 0.15) is 11.5 Å². The van der Waals surface area contributed by atoms with Crippen molar-refractivity contribution >= 4 is 23.2 Å². The second-order valence-corrected chi connectivity index (χ2v) is 13.1. The summed E-state index contributed by atoms with van der Waals surface area (Å²) in [6, 6.07) is 16.1. The predicted octanol–water partition coefficient (Wildman–Crippen LogP) is 8.21. The fourth-order valence-electron chi connectivity index (χ4n) is 6.84. The number of rotatable bonds is 8. The van der Waals surface area contributed by atoms with Gasteiger partial charge >= 0.3 is 0 Å². The Hall–Kier alpha value is -2.36. The monoisotopic (exact) mass is 564 g/mol. The lowest BCUT2D eigenvalue weighted by Gasteiger charge is -2.43. The highest BCUT2D eigenvalue weighted by molar-refractivity contribution is 6.39. The molecule has 0 aliphatic heterocycles. The number of halogens is 2. The minimum Gasteiger partial charge on any atom is -0.385 e. The Balaban J connectivity index is 1.21. The zero-order valence-electron chi connectivity index (χ0n) is 22.4. The normalized spacial score (nSPS) is 26.5. The molecule has 0 spiro atoms. The molecule has 3 aromatic rings. The van der Waals surface area contributed by atoms with Gasteiger partial charge in [0.15, 0.2) is 0 Å². The van der Waals surface area contributed by atoms with Crippen LogP contribution < -0.4 is 0 Å². The quantitative estimate of drug-likeness (QED) is 0.298. The van der Waals surface area contributed by atoms with E-state index in [-0.39, 0.29) is 17.9 Å². The molecule has 39 heavy (non-hydrogen) atoms. The number of hydrogen-bond donors (Lipinski definition) is 1. The van der Waals surface area contributed by atoms with Gasteiger partial charge in [0.05, 0.1) is 39.8 Å². The first-order chi connectivity index (χ1) is 18.7. The number of aliphatic hydroxyl groups is 1. The van der Waals surface area contributed by atoms with Crippen molar-refractivity contribution in [3.63, 3.8) is 0 Å². The van der Waals surface area contributed by atoms with Crippen LogP contribution in [0.2, 0.25) is 10.0 Å². The maximum absolute atomic E-state index is 12.1. The van der Waals surface area contributed by atoms with Crippen LogP contribution in [0.25, 0.3) is 11.3 Å². The van der Waals surface area contributed by atoms with E-state index < -0.39 is 11.0 Å². The van der Waals surface area contributed by atoms with E-state index in [1.54, 1.807) is 0 Å². The van der Waals surface area contributed by atoms with E-state index in [1.165, 1.54) is 0 Å². The average molecular weight is 566 g/mol. The van der Waals surface area contributed by atoms with Crippen LogP contribution >= 0.6 is 23.2 Å². The predicted molar refractivity (Wildman–Crippen MR) is 151 cm³/mol. The molecule has 5 nitrogen and oxygen atoms in total. The number of nitrogens with zero attached hydrogens (tertiary/aromatic N) is 2. The first-order valence-electron chi connectivity index (χ1n) is 14.0. The van der Waals surface area contributed by atoms with E-state index in [4.69, 9.17) is 32.5 Å². The van der Waals surface area contributed by atoms with Gasteiger partial charge in [0.25, 0.3) is 0 Å². The number of hydrogen-bond acceptors (Lipinski definition) is 5. The number of ether oxygens (including phenoxy) is 1. The fourth-order valence-corrected chi connectivity index (χ4v) is 7.42. The second-order valence-electron chi connectivity index (χ2n) is 12.3. The smallest absolute Gasteiger partial charge is 0.145 e. The van der Waals surface area contributed by atoms with Crippen molar-refractivity contribution in [3.8, 4) is 17.3 Å². The number of aromatic nitrogens is 1. The van der Waals surface area contributed by atoms with Crippen molar-refractivity contribution in [2.75, 3.05) is 0 Å². The van der Waals surface area contributed by atoms with Gasteiger partial charge in [0, 0.05) is 17.0 Å². The van der Waals surface area contributed by atoms with E-state index >= 15 is 0 Å². The van der Waals surface area contributed by atoms with Crippen LogP contribution in [0.3, 0.4) is 0 Å². The zero-order valence-corrected chi connectivity index (χ0v) is 23.9. The van der Waals surface area contributed by atoms with Gasteiger partial charge in [-0.3, -0.25) is 0 Å². The molecule has 0 radical (unpaired) electrons. The van der Waals surface area contributed by atoms with Gasteiger partial charge < -0.3 is 14.4 Å². The van der Waals surface area contributed by atoms with E-state index in [9.17, 15) is 10.4 Å². The second kappa shape index (κ2) is 10.2. The molecule has 3 aliphatic carbocycles. The third kappa shape index (κ3) is 5.02. The van der Waals surface area contributed by atoms with Crippen LogP contribution in [0, 0.1) is 28.6 Å². The minimum atomic E-state index is -0.862. The summed E-state index contributed by atoms with van der Waals surface area (Å²) in [4.78, 5) is 0. The average Bonchev–Trinajstić information content (AvgIpc) is 3.65. The summed E-state index contributed by atoms with van der Waals surface area (Å²) in [5, 5.41) is 27.1. The van der Waals surface area contributed by atoms with Crippen LogP contribution in [0.4, 0.5) is 0 Å². The third-order valence-electron chi connectivity index (χ3n) is 8.97. The van der Waals surface area contributed by atoms with Gasteiger partial charge in [-0.25, -0.2) is 0 Å². The Kier molecular flexibility index (Phi) is 7.04. The number of fused-ring (bicyclic) bond motifs is 2. The summed E-state index contributed by atoms with van der Waals surface area (Å²) in [6.07, 6.45) is 6.44. The van der Waals surface area contributed by atoms with Gasteiger partial charge in [0.2, 0.25) is 0 Å². The SMILES string of the molecule is CC(C)(C#N)Cc1cccc(C2(O)C3CCC2CC(OCc2c(-c4c(Cl)cccc4Cl)noc2C2CC2)C3)c1. The molecule has 3 aliphatic rings. The summed E-state index contributed by atoms with van der Waals surface area (Å²) in [5.41, 5.74) is 3.06. The van der Waals surface area contributed by atoms with Crippen LogP contribution in [-0.2, 0) is 23.4 Å². The Labute approximate surface area is 240 Å². The van der Waals surface area contributed by atoms with E-state index in [0.717, 1.165) is 61.0 Å². The van der Waals surface area contributed by atoms with Gasteiger partial charge in [-0.2, -0.15) is 5.26 Å². The summed E-state index contributed by atoms with van der Waals surface area (Å²) in [6.45, 7) is 4.29. The lowest BCUT2D eigenvalue weighted by Crippen LogP contribution is -2.44. The van der Waals surface area contributed by atoms with E-state index in [0.29, 0.717) is 40.2 Å².